The van der Waals surface area contributed by atoms with Crippen LogP contribution in [0.1, 0.15) is 46.5 Å². The average Bonchev–Trinajstić information content (AvgIpc) is 1.93. The topological polar surface area (TPSA) is 20.2 Å². The van der Waals surface area contributed by atoms with Gasteiger partial charge in [-0.25, -0.2) is 0 Å². The first-order valence-electron chi connectivity index (χ1n) is 4.72. The lowest BCUT2D eigenvalue weighted by molar-refractivity contribution is 0.0910. The van der Waals surface area contributed by atoms with E-state index in [0.717, 1.165) is 25.7 Å². The highest BCUT2D eigenvalue weighted by molar-refractivity contribution is 9.10. The van der Waals surface area contributed by atoms with Gasteiger partial charge in [0.25, 0.3) is 0 Å². The molecule has 12 heavy (non-hydrogen) atoms. The quantitative estimate of drug-likeness (QED) is 0.639. The van der Waals surface area contributed by atoms with Crippen LogP contribution in [0, 0.1) is 5.41 Å². The summed E-state index contributed by atoms with van der Waals surface area (Å²) in [6, 6.07) is 0. The minimum atomic E-state index is -0.0574. The van der Waals surface area contributed by atoms with Crippen molar-refractivity contribution in [3.63, 3.8) is 0 Å². The van der Waals surface area contributed by atoms with Gasteiger partial charge in [0.15, 0.2) is 0 Å². The fourth-order valence-corrected chi connectivity index (χ4v) is 2.27. The zero-order chi connectivity index (χ0) is 9.41. The van der Waals surface area contributed by atoms with Gasteiger partial charge in [-0.15, -0.1) is 0 Å². The molecule has 0 amide bonds. The molecule has 0 unspecified atom stereocenters. The summed E-state index contributed by atoms with van der Waals surface area (Å²) in [6.45, 7) is 6.79. The van der Waals surface area contributed by atoms with E-state index in [2.05, 4.69) is 36.7 Å². The Bertz CT molecular complexity index is 152. The molecule has 2 heteroatoms. The van der Waals surface area contributed by atoms with Crippen molar-refractivity contribution in [3.8, 4) is 0 Å². The molecule has 0 aromatic heterocycles. The van der Waals surface area contributed by atoms with Gasteiger partial charge in [0.2, 0.25) is 0 Å². The van der Waals surface area contributed by atoms with Gasteiger partial charge in [0.05, 0.1) is 6.10 Å². The van der Waals surface area contributed by atoms with Crippen LogP contribution < -0.4 is 0 Å². The number of aliphatic hydroxyl groups is 1. The van der Waals surface area contributed by atoms with Crippen molar-refractivity contribution in [2.75, 3.05) is 0 Å². The third kappa shape index (κ3) is 2.02. The van der Waals surface area contributed by atoms with Crippen LogP contribution in [0.25, 0.3) is 0 Å². The maximum absolute atomic E-state index is 9.39. The van der Waals surface area contributed by atoms with Crippen molar-refractivity contribution in [2.24, 2.45) is 5.41 Å². The molecule has 1 N–H and O–H groups in total. The lowest BCUT2D eigenvalue weighted by Gasteiger charge is -2.44. The summed E-state index contributed by atoms with van der Waals surface area (Å²) in [5.74, 6) is 0. The molecular formula is C10H19BrO. The Labute approximate surface area is 83.7 Å². The van der Waals surface area contributed by atoms with E-state index in [1.54, 1.807) is 0 Å². The van der Waals surface area contributed by atoms with Crippen molar-refractivity contribution in [1.29, 1.82) is 0 Å². The van der Waals surface area contributed by atoms with Gasteiger partial charge >= 0.3 is 0 Å². The van der Waals surface area contributed by atoms with Crippen molar-refractivity contribution in [1.82, 2.24) is 0 Å². The lowest BCUT2D eigenvalue weighted by Crippen LogP contribution is -2.41. The molecule has 1 saturated carbocycles. The molecule has 0 heterocycles. The van der Waals surface area contributed by atoms with Crippen molar-refractivity contribution < 1.29 is 5.11 Å². The minimum absolute atomic E-state index is 0.0574. The largest absolute Gasteiger partial charge is 0.393 e. The second kappa shape index (κ2) is 3.30. The Morgan fingerprint density at radius 2 is 1.67 bits per heavy atom. The molecule has 1 fully saturated rings. The Morgan fingerprint density at radius 3 is 2.00 bits per heavy atom. The second-order valence-electron chi connectivity index (χ2n) is 4.95. The summed E-state index contributed by atoms with van der Waals surface area (Å²) < 4.78 is 0.249. The number of hydrogen-bond acceptors (Lipinski definition) is 1. The molecule has 0 radical (unpaired) electrons. The molecule has 1 aliphatic carbocycles. The standard InChI is InChI=1S/C10H19BrO/c1-9(2,3)10(11)6-4-8(12)5-7-10/h8,12H,4-7H2,1-3H3. The van der Waals surface area contributed by atoms with Crippen molar-refractivity contribution >= 4 is 15.9 Å². The van der Waals surface area contributed by atoms with Crippen LogP contribution >= 0.6 is 15.9 Å². The molecule has 0 aliphatic heterocycles. The molecular weight excluding hydrogens is 216 g/mol. The van der Waals surface area contributed by atoms with E-state index < -0.39 is 0 Å². The van der Waals surface area contributed by atoms with Gasteiger partial charge < -0.3 is 5.11 Å². The zero-order valence-electron chi connectivity index (χ0n) is 8.23. The second-order valence-corrected chi connectivity index (χ2v) is 6.46. The molecule has 0 saturated heterocycles. The molecule has 0 atom stereocenters. The lowest BCUT2D eigenvalue weighted by atomic mass is 9.71. The van der Waals surface area contributed by atoms with Crippen LogP contribution in [-0.2, 0) is 0 Å². The van der Waals surface area contributed by atoms with Crippen LogP contribution in [0.3, 0.4) is 0 Å². The molecule has 1 nitrogen and oxygen atoms in total. The molecule has 72 valence electrons. The minimum Gasteiger partial charge on any atom is -0.393 e. The number of hydrogen-bond donors (Lipinski definition) is 1. The van der Waals surface area contributed by atoms with E-state index in [1.165, 1.54) is 0 Å². The van der Waals surface area contributed by atoms with Crippen LogP contribution in [0.15, 0.2) is 0 Å². The van der Waals surface area contributed by atoms with E-state index in [1.807, 2.05) is 0 Å². The fourth-order valence-electron chi connectivity index (χ4n) is 1.81. The normalized spacial score (nSPS) is 38.2. The van der Waals surface area contributed by atoms with Crippen molar-refractivity contribution in [2.45, 2.75) is 56.9 Å². The van der Waals surface area contributed by atoms with Gasteiger partial charge in [-0.05, 0) is 31.1 Å². The molecule has 1 aliphatic rings. The molecule has 1 rings (SSSR count). The van der Waals surface area contributed by atoms with Gasteiger partial charge in [-0.1, -0.05) is 36.7 Å². The third-order valence-electron chi connectivity index (χ3n) is 3.09. The maximum Gasteiger partial charge on any atom is 0.0541 e. The SMILES string of the molecule is CC(C)(C)C1(Br)CCC(O)CC1. The van der Waals surface area contributed by atoms with Crippen LogP contribution in [0.2, 0.25) is 0 Å². The maximum atomic E-state index is 9.39. The molecule has 0 aromatic rings. The summed E-state index contributed by atoms with van der Waals surface area (Å²) in [4.78, 5) is 0. The first kappa shape index (κ1) is 10.5. The molecule has 0 aromatic carbocycles. The third-order valence-corrected chi connectivity index (χ3v) is 5.07. The van der Waals surface area contributed by atoms with E-state index >= 15 is 0 Å². The van der Waals surface area contributed by atoms with Gasteiger partial charge in [0.1, 0.15) is 0 Å². The van der Waals surface area contributed by atoms with Gasteiger partial charge in [-0.3, -0.25) is 0 Å². The Balaban J connectivity index is 2.62. The van der Waals surface area contributed by atoms with Crippen LogP contribution in [-0.4, -0.2) is 15.5 Å². The van der Waals surface area contributed by atoms with E-state index in [-0.39, 0.29) is 10.4 Å². The van der Waals surface area contributed by atoms with Crippen LogP contribution in [0.4, 0.5) is 0 Å². The predicted molar refractivity (Wildman–Crippen MR) is 55.6 cm³/mol. The highest BCUT2D eigenvalue weighted by Crippen LogP contribution is 2.48. The monoisotopic (exact) mass is 234 g/mol. The fraction of sp³-hybridized carbons (Fsp3) is 1.00. The highest BCUT2D eigenvalue weighted by Gasteiger charge is 2.41. The van der Waals surface area contributed by atoms with E-state index in [9.17, 15) is 5.11 Å². The number of aliphatic hydroxyl groups excluding tert-OH is 1. The molecule has 0 bridgehead atoms. The first-order valence-corrected chi connectivity index (χ1v) is 5.51. The summed E-state index contributed by atoms with van der Waals surface area (Å²) in [7, 11) is 0. The number of halogens is 1. The zero-order valence-corrected chi connectivity index (χ0v) is 9.82. The van der Waals surface area contributed by atoms with E-state index in [0.29, 0.717) is 5.41 Å². The van der Waals surface area contributed by atoms with Crippen LogP contribution in [0.5, 0.6) is 0 Å². The predicted octanol–water partition coefficient (Wildman–Crippen LogP) is 3.10. The smallest absolute Gasteiger partial charge is 0.0541 e. The highest BCUT2D eigenvalue weighted by atomic mass is 79.9. The Kier molecular flexibility index (Phi) is 2.89. The van der Waals surface area contributed by atoms with Gasteiger partial charge in [-0.2, -0.15) is 0 Å². The Morgan fingerprint density at radius 1 is 1.25 bits per heavy atom. The first-order chi connectivity index (χ1) is 5.35. The Hall–Kier alpha value is 0.440. The molecule has 0 spiro atoms. The van der Waals surface area contributed by atoms with Crippen molar-refractivity contribution in [3.05, 3.63) is 0 Å². The van der Waals surface area contributed by atoms with Gasteiger partial charge in [0, 0.05) is 4.32 Å². The summed E-state index contributed by atoms with van der Waals surface area (Å²) in [5, 5.41) is 9.39. The number of rotatable bonds is 0. The van der Waals surface area contributed by atoms with E-state index in [4.69, 9.17) is 0 Å². The summed E-state index contributed by atoms with van der Waals surface area (Å²) >= 11 is 3.83. The summed E-state index contributed by atoms with van der Waals surface area (Å²) in [6.07, 6.45) is 4.03. The summed E-state index contributed by atoms with van der Waals surface area (Å²) in [5.41, 5.74) is 0.299. The number of alkyl halides is 1. The average molecular weight is 235 g/mol.